The Morgan fingerprint density at radius 2 is 2.00 bits per heavy atom. The first-order valence-electron chi connectivity index (χ1n) is 8.60. The van der Waals surface area contributed by atoms with Crippen LogP contribution >= 0.6 is 23.1 Å². The number of amides is 1. The fourth-order valence-electron chi connectivity index (χ4n) is 2.22. The second kappa shape index (κ2) is 10.1. The highest BCUT2D eigenvalue weighted by Crippen LogP contribution is 2.34. The molecule has 0 bridgehead atoms. The van der Waals surface area contributed by atoms with Gasteiger partial charge in [-0.25, -0.2) is 8.42 Å². The molecule has 1 N–H and O–H groups in total. The van der Waals surface area contributed by atoms with Crippen molar-refractivity contribution in [2.75, 3.05) is 42.4 Å². The predicted octanol–water partition coefficient (Wildman–Crippen LogP) is 2.71. The van der Waals surface area contributed by atoms with Crippen LogP contribution in [0.3, 0.4) is 0 Å². The summed E-state index contributed by atoms with van der Waals surface area (Å²) in [4.78, 5) is 12.5. The molecule has 2 rings (SSSR count). The normalized spacial score (nSPS) is 11.4. The molecule has 0 atom stereocenters. The van der Waals surface area contributed by atoms with Gasteiger partial charge in [0.1, 0.15) is 18.0 Å². The molecule has 1 aromatic carbocycles. The molecule has 0 unspecified atom stereocenters. The molecule has 1 aromatic heterocycles. The number of benzene rings is 1. The average molecular weight is 461 g/mol. The molecule has 0 aliphatic rings. The van der Waals surface area contributed by atoms with E-state index in [9.17, 15) is 13.2 Å². The number of nitrogens with zero attached hydrogens (tertiary/aromatic N) is 3. The summed E-state index contributed by atoms with van der Waals surface area (Å²) in [6, 6.07) is 4.71. The summed E-state index contributed by atoms with van der Waals surface area (Å²) in [5.41, 5.74) is 0.204. The fourth-order valence-corrected chi connectivity index (χ4v) is 4.81. The molecule has 0 saturated heterocycles. The van der Waals surface area contributed by atoms with Crippen molar-refractivity contribution in [1.82, 2.24) is 10.2 Å². The quantitative estimate of drug-likeness (QED) is 0.426. The highest BCUT2D eigenvalue weighted by Gasteiger charge is 2.25. The molecule has 0 radical (unpaired) electrons. The van der Waals surface area contributed by atoms with Gasteiger partial charge in [-0.1, -0.05) is 36.9 Å². The number of thioether (sulfide) groups is 1. The van der Waals surface area contributed by atoms with Crippen molar-refractivity contribution in [3.05, 3.63) is 18.2 Å². The zero-order chi connectivity index (χ0) is 21.6. The number of hydrogen-bond acceptors (Lipinski definition) is 9. The van der Waals surface area contributed by atoms with E-state index < -0.39 is 22.5 Å². The molecule has 0 spiro atoms. The van der Waals surface area contributed by atoms with Gasteiger partial charge in [-0.3, -0.25) is 14.4 Å². The van der Waals surface area contributed by atoms with Crippen LogP contribution in [-0.2, 0) is 14.8 Å². The molecule has 1 heterocycles. The number of carbonyl (C=O) groups excluding carboxylic acids is 1. The Bertz CT molecular complexity index is 946. The van der Waals surface area contributed by atoms with Crippen molar-refractivity contribution >= 4 is 49.8 Å². The van der Waals surface area contributed by atoms with Crippen molar-refractivity contribution in [2.24, 2.45) is 5.92 Å². The van der Waals surface area contributed by atoms with E-state index in [1.165, 1.54) is 31.6 Å². The van der Waals surface area contributed by atoms with Crippen LogP contribution in [0.5, 0.6) is 11.5 Å². The van der Waals surface area contributed by atoms with Gasteiger partial charge in [-0.05, 0) is 18.1 Å². The lowest BCUT2D eigenvalue weighted by molar-refractivity contribution is -0.114. The molecule has 9 nitrogen and oxygen atoms in total. The Hall–Kier alpha value is -2.05. The highest BCUT2D eigenvalue weighted by atomic mass is 32.2. The lowest BCUT2D eigenvalue weighted by Gasteiger charge is -2.24. The largest absolute Gasteiger partial charge is 0.497 e. The zero-order valence-electron chi connectivity index (χ0n) is 16.8. The Kier molecular flexibility index (Phi) is 8.11. The summed E-state index contributed by atoms with van der Waals surface area (Å²) in [6.45, 7) is 3.75. The van der Waals surface area contributed by atoms with E-state index in [2.05, 4.69) is 29.4 Å². The van der Waals surface area contributed by atoms with Crippen molar-refractivity contribution in [3.8, 4) is 11.5 Å². The van der Waals surface area contributed by atoms with E-state index in [1.54, 1.807) is 23.9 Å². The molecule has 0 aliphatic heterocycles. The highest BCUT2D eigenvalue weighted by molar-refractivity contribution is 8.01. The maximum absolute atomic E-state index is 12.5. The fraction of sp³-hybridized carbons (Fsp3) is 0.471. The maximum atomic E-state index is 12.5. The predicted molar refractivity (Wildman–Crippen MR) is 116 cm³/mol. The first-order chi connectivity index (χ1) is 13.6. The van der Waals surface area contributed by atoms with Gasteiger partial charge in [-0.2, -0.15) is 0 Å². The van der Waals surface area contributed by atoms with Gasteiger partial charge in [0.15, 0.2) is 4.34 Å². The number of anilines is 2. The third kappa shape index (κ3) is 6.75. The number of rotatable bonds is 10. The van der Waals surface area contributed by atoms with Crippen molar-refractivity contribution in [3.63, 3.8) is 0 Å². The molecule has 0 aliphatic carbocycles. The van der Waals surface area contributed by atoms with Crippen LogP contribution in [0.15, 0.2) is 22.5 Å². The van der Waals surface area contributed by atoms with Crippen LogP contribution in [0.1, 0.15) is 13.8 Å². The monoisotopic (exact) mass is 460 g/mol. The minimum absolute atomic E-state index is 0.204. The number of sulfonamides is 1. The molecule has 0 fully saturated rings. The number of carbonyl (C=O) groups is 1. The van der Waals surface area contributed by atoms with Gasteiger partial charge >= 0.3 is 0 Å². The van der Waals surface area contributed by atoms with E-state index in [0.29, 0.717) is 22.5 Å². The van der Waals surface area contributed by atoms with E-state index >= 15 is 0 Å². The van der Waals surface area contributed by atoms with E-state index in [1.807, 2.05) is 0 Å². The first-order valence-corrected chi connectivity index (χ1v) is 12.2. The smallest absolute Gasteiger partial charge is 0.246 e. The SMILES string of the molecule is COc1ccc(OC)c(N(CC(=O)Nc2nnc(SCC(C)C)s2)S(C)(=O)=O)c1. The van der Waals surface area contributed by atoms with Crippen LogP contribution < -0.4 is 19.1 Å². The van der Waals surface area contributed by atoms with Crippen LogP contribution in [0.25, 0.3) is 0 Å². The molecule has 1 amide bonds. The van der Waals surface area contributed by atoms with Crippen molar-refractivity contribution in [1.29, 1.82) is 0 Å². The second-order valence-electron chi connectivity index (χ2n) is 6.43. The van der Waals surface area contributed by atoms with Gasteiger partial charge in [-0.15, -0.1) is 10.2 Å². The Morgan fingerprint density at radius 1 is 1.28 bits per heavy atom. The summed E-state index contributed by atoms with van der Waals surface area (Å²) >= 11 is 2.80. The minimum atomic E-state index is -3.78. The molecular weight excluding hydrogens is 436 g/mol. The number of aromatic nitrogens is 2. The van der Waals surface area contributed by atoms with Gasteiger partial charge in [0.05, 0.1) is 26.2 Å². The first kappa shape index (κ1) is 23.2. The molecule has 160 valence electrons. The Balaban J connectivity index is 2.18. The Labute approximate surface area is 178 Å². The van der Waals surface area contributed by atoms with Crippen LogP contribution in [0, 0.1) is 5.92 Å². The van der Waals surface area contributed by atoms with Gasteiger partial charge in [0.2, 0.25) is 21.1 Å². The second-order valence-corrected chi connectivity index (χ2v) is 10.6. The average Bonchev–Trinajstić information content (AvgIpc) is 3.10. The number of ether oxygens (including phenoxy) is 2. The lowest BCUT2D eigenvalue weighted by Crippen LogP contribution is -2.37. The van der Waals surface area contributed by atoms with Gasteiger partial charge in [0.25, 0.3) is 0 Å². The summed E-state index contributed by atoms with van der Waals surface area (Å²) in [5.74, 6) is 1.58. The number of nitrogens with one attached hydrogen (secondary N) is 1. The third-order valence-electron chi connectivity index (χ3n) is 3.54. The van der Waals surface area contributed by atoms with Crippen LogP contribution in [-0.4, -0.2) is 57.3 Å². The van der Waals surface area contributed by atoms with Crippen molar-refractivity contribution in [2.45, 2.75) is 18.2 Å². The summed E-state index contributed by atoms with van der Waals surface area (Å²) in [6.07, 6.45) is 1.02. The molecular formula is C17H24N4O5S3. The molecule has 12 heteroatoms. The molecule has 0 saturated carbocycles. The van der Waals surface area contributed by atoms with Gasteiger partial charge < -0.3 is 9.47 Å². The molecule has 2 aromatic rings. The Morgan fingerprint density at radius 3 is 2.59 bits per heavy atom. The number of methoxy groups -OCH3 is 2. The summed E-state index contributed by atoms with van der Waals surface area (Å²) in [7, 11) is -0.890. The maximum Gasteiger partial charge on any atom is 0.246 e. The standard InChI is InChI=1S/C17H24N4O5S3/c1-11(2)10-27-17-20-19-16(28-17)18-15(22)9-21(29(5,23)24)13-8-12(25-3)6-7-14(13)26-4/h6-8,11H,9-10H2,1-5H3,(H,18,19,22). The zero-order valence-corrected chi connectivity index (χ0v) is 19.3. The lowest BCUT2D eigenvalue weighted by atomic mass is 10.2. The van der Waals surface area contributed by atoms with E-state index in [0.717, 1.165) is 20.7 Å². The minimum Gasteiger partial charge on any atom is -0.497 e. The van der Waals surface area contributed by atoms with Gasteiger partial charge in [0, 0.05) is 11.8 Å². The topological polar surface area (TPSA) is 111 Å². The van der Waals surface area contributed by atoms with Crippen LogP contribution in [0.2, 0.25) is 0 Å². The number of hydrogen-bond donors (Lipinski definition) is 1. The summed E-state index contributed by atoms with van der Waals surface area (Å²) in [5, 5.41) is 10.9. The van der Waals surface area contributed by atoms with Crippen LogP contribution in [0.4, 0.5) is 10.8 Å². The molecule has 29 heavy (non-hydrogen) atoms. The van der Waals surface area contributed by atoms with Crippen molar-refractivity contribution < 1.29 is 22.7 Å². The van der Waals surface area contributed by atoms with E-state index in [4.69, 9.17) is 9.47 Å². The third-order valence-corrected chi connectivity index (χ3v) is 7.06. The summed E-state index contributed by atoms with van der Waals surface area (Å²) < 4.78 is 36.8. The van der Waals surface area contributed by atoms with E-state index in [-0.39, 0.29) is 5.69 Å².